The number of rotatable bonds is 2. The quantitative estimate of drug-likeness (QED) is 0.658. The summed E-state index contributed by atoms with van der Waals surface area (Å²) in [5, 5.41) is 0. The Morgan fingerprint density at radius 3 is 2.18 bits per heavy atom. The van der Waals surface area contributed by atoms with Crippen molar-refractivity contribution in [3.05, 3.63) is 24.3 Å². The third-order valence-electron chi connectivity index (χ3n) is 1.39. The van der Waals surface area contributed by atoms with E-state index in [0.717, 1.165) is 4.90 Å². The zero-order valence-electron chi connectivity index (χ0n) is 6.53. The molecule has 0 aliphatic rings. The van der Waals surface area contributed by atoms with Gasteiger partial charge in [-0.3, -0.25) is 4.21 Å². The summed E-state index contributed by atoms with van der Waals surface area (Å²) in [7, 11) is -0.848. The highest BCUT2D eigenvalue weighted by molar-refractivity contribution is 7.98. The average molecular weight is 186 g/mol. The van der Waals surface area contributed by atoms with Crippen LogP contribution in [-0.2, 0) is 10.8 Å². The monoisotopic (exact) mass is 186 g/mol. The van der Waals surface area contributed by atoms with Crippen molar-refractivity contribution >= 4 is 22.6 Å². The lowest BCUT2D eigenvalue weighted by Gasteiger charge is -1.97. The van der Waals surface area contributed by atoms with Gasteiger partial charge >= 0.3 is 0 Å². The second kappa shape index (κ2) is 3.93. The molecule has 0 aliphatic heterocycles. The summed E-state index contributed by atoms with van der Waals surface area (Å²) >= 11 is 1.69. The first kappa shape index (κ1) is 8.81. The minimum Gasteiger partial charge on any atom is -0.255 e. The van der Waals surface area contributed by atoms with Crippen molar-refractivity contribution in [2.24, 2.45) is 0 Å². The largest absolute Gasteiger partial charge is 0.255 e. The smallest absolute Gasteiger partial charge is 0.0498 e. The van der Waals surface area contributed by atoms with Gasteiger partial charge in [0, 0.05) is 26.8 Å². The summed E-state index contributed by atoms with van der Waals surface area (Å²) in [4.78, 5) is 2.10. The minimum atomic E-state index is -0.848. The fraction of sp³-hybridized carbons (Fsp3) is 0.250. The molecule has 1 aromatic rings. The molecule has 60 valence electrons. The Balaban J connectivity index is 2.91. The van der Waals surface area contributed by atoms with Gasteiger partial charge in [-0.15, -0.1) is 11.8 Å². The van der Waals surface area contributed by atoms with E-state index in [-0.39, 0.29) is 0 Å². The maximum atomic E-state index is 10.9. The maximum absolute atomic E-state index is 10.9. The van der Waals surface area contributed by atoms with Crippen molar-refractivity contribution in [2.75, 3.05) is 12.5 Å². The first-order valence-corrected chi connectivity index (χ1v) is 6.00. The van der Waals surface area contributed by atoms with Gasteiger partial charge in [0.25, 0.3) is 0 Å². The van der Waals surface area contributed by atoms with Gasteiger partial charge in [-0.2, -0.15) is 0 Å². The average Bonchev–Trinajstić information content (AvgIpc) is 2.05. The first-order valence-electron chi connectivity index (χ1n) is 3.21. The molecule has 1 nitrogen and oxygen atoms in total. The normalized spacial score (nSPS) is 12.9. The fourth-order valence-electron chi connectivity index (χ4n) is 0.767. The van der Waals surface area contributed by atoms with E-state index in [9.17, 15) is 4.21 Å². The van der Waals surface area contributed by atoms with Gasteiger partial charge in [0.2, 0.25) is 0 Å². The Hall–Kier alpha value is -0.280. The molecule has 1 atom stereocenters. The SMILES string of the molecule is CSc1ccc(S(C)=O)cc1. The van der Waals surface area contributed by atoms with Crippen molar-refractivity contribution in [2.45, 2.75) is 9.79 Å². The molecular formula is C8H10OS2. The van der Waals surface area contributed by atoms with Crippen molar-refractivity contribution in [3.8, 4) is 0 Å². The van der Waals surface area contributed by atoms with E-state index < -0.39 is 10.8 Å². The molecule has 0 amide bonds. The van der Waals surface area contributed by atoms with E-state index in [1.807, 2.05) is 30.5 Å². The van der Waals surface area contributed by atoms with Crippen LogP contribution in [0.2, 0.25) is 0 Å². The van der Waals surface area contributed by atoms with Gasteiger partial charge < -0.3 is 0 Å². The second-order valence-corrected chi connectivity index (χ2v) is 4.39. The van der Waals surface area contributed by atoms with Crippen LogP contribution in [-0.4, -0.2) is 16.7 Å². The predicted molar refractivity (Wildman–Crippen MR) is 50.6 cm³/mol. The molecule has 0 N–H and O–H groups in total. The van der Waals surface area contributed by atoms with Gasteiger partial charge in [0.15, 0.2) is 0 Å². The van der Waals surface area contributed by atoms with E-state index in [0.29, 0.717) is 0 Å². The Labute approximate surface area is 73.7 Å². The third kappa shape index (κ3) is 2.34. The van der Waals surface area contributed by atoms with E-state index in [4.69, 9.17) is 0 Å². The van der Waals surface area contributed by atoms with Gasteiger partial charge in [-0.25, -0.2) is 0 Å². The molecule has 0 saturated heterocycles. The summed E-state index contributed by atoms with van der Waals surface area (Å²) in [5.74, 6) is 0. The number of hydrogen-bond acceptors (Lipinski definition) is 2. The highest BCUT2D eigenvalue weighted by Crippen LogP contribution is 2.15. The summed E-state index contributed by atoms with van der Waals surface area (Å²) < 4.78 is 10.9. The first-order chi connectivity index (χ1) is 5.24. The molecule has 0 saturated carbocycles. The highest BCUT2D eigenvalue weighted by Gasteiger charge is 1.95. The van der Waals surface area contributed by atoms with E-state index in [1.165, 1.54) is 4.90 Å². The number of thioether (sulfide) groups is 1. The predicted octanol–water partition coefficient (Wildman–Crippen LogP) is 2.15. The minimum absolute atomic E-state index is 0.848. The van der Waals surface area contributed by atoms with Crippen LogP contribution in [0.25, 0.3) is 0 Å². The van der Waals surface area contributed by atoms with Crippen LogP contribution in [0.15, 0.2) is 34.1 Å². The van der Waals surface area contributed by atoms with Crippen LogP contribution in [0.4, 0.5) is 0 Å². The van der Waals surface area contributed by atoms with E-state index in [1.54, 1.807) is 18.0 Å². The molecule has 0 heterocycles. The van der Waals surface area contributed by atoms with Crippen molar-refractivity contribution in [3.63, 3.8) is 0 Å². The van der Waals surface area contributed by atoms with Gasteiger partial charge in [0.1, 0.15) is 0 Å². The van der Waals surface area contributed by atoms with E-state index in [2.05, 4.69) is 0 Å². The molecule has 0 spiro atoms. The second-order valence-electron chi connectivity index (χ2n) is 2.13. The molecule has 0 aliphatic carbocycles. The zero-order chi connectivity index (χ0) is 8.27. The molecule has 11 heavy (non-hydrogen) atoms. The number of hydrogen-bond donors (Lipinski definition) is 0. The van der Waals surface area contributed by atoms with Crippen LogP contribution in [0, 0.1) is 0 Å². The summed E-state index contributed by atoms with van der Waals surface area (Å²) in [5.41, 5.74) is 0. The molecule has 0 fully saturated rings. The Morgan fingerprint density at radius 1 is 1.27 bits per heavy atom. The van der Waals surface area contributed by atoms with Crippen molar-refractivity contribution in [1.29, 1.82) is 0 Å². The molecular weight excluding hydrogens is 176 g/mol. The van der Waals surface area contributed by atoms with Crippen molar-refractivity contribution < 1.29 is 4.21 Å². The molecule has 1 unspecified atom stereocenters. The standard InChI is InChI=1S/C8H10OS2/c1-10-7-3-5-8(6-4-7)11(2)9/h3-6H,1-2H3. The zero-order valence-corrected chi connectivity index (χ0v) is 8.17. The third-order valence-corrected chi connectivity index (χ3v) is 3.07. The lowest BCUT2D eigenvalue weighted by Crippen LogP contribution is -1.85. The van der Waals surface area contributed by atoms with Crippen LogP contribution >= 0.6 is 11.8 Å². The van der Waals surface area contributed by atoms with Gasteiger partial charge in [-0.05, 0) is 30.5 Å². The van der Waals surface area contributed by atoms with Gasteiger partial charge in [0.05, 0.1) is 0 Å². The van der Waals surface area contributed by atoms with Crippen LogP contribution < -0.4 is 0 Å². The van der Waals surface area contributed by atoms with E-state index >= 15 is 0 Å². The molecule has 0 aromatic heterocycles. The Bertz CT molecular complexity index is 253. The number of benzene rings is 1. The Kier molecular flexibility index (Phi) is 3.15. The molecule has 0 radical (unpaired) electrons. The van der Waals surface area contributed by atoms with Crippen LogP contribution in [0.3, 0.4) is 0 Å². The molecule has 1 aromatic carbocycles. The Morgan fingerprint density at radius 2 is 1.82 bits per heavy atom. The summed E-state index contributed by atoms with van der Waals surface area (Å²) in [6.45, 7) is 0. The lowest BCUT2D eigenvalue weighted by atomic mass is 10.4. The summed E-state index contributed by atoms with van der Waals surface area (Å²) in [6.07, 6.45) is 3.71. The van der Waals surface area contributed by atoms with Crippen LogP contribution in [0.1, 0.15) is 0 Å². The fourth-order valence-corrected chi connectivity index (χ4v) is 1.69. The van der Waals surface area contributed by atoms with Gasteiger partial charge in [-0.1, -0.05) is 0 Å². The van der Waals surface area contributed by atoms with Crippen LogP contribution in [0.5, 0.6) is 0 Å². The molecule has 0 bridgehead atoms. The topological polar surface area (TPSA) is 17.1 Å². The van der Waals surface area contributed by atoms with Crippen molar-refractivity contribution in [1.82, 2.24) is 0 Å². The molecule has 3 heteroatoms. The highest BCUT2D eigenvalue weighted by atomic mass is 32.2. The summed E-state index contributed by atoms with van der Waals surface area (Å²) in [6, 6.07) is 7.78. The molecule has 1 rings (SSSR count). The lowest BCUT2D eigenvalue weighted by molar-refractivity contribution is 0.686. The maximum Gasteiger partial charge on any atom is 0.0498 e.